The number of rotatable bonds is 7. The zero-order valence-electron chi connectivity index (χ0n) is 15.8. The highest BCUT2D eigenvalue weighted by molar-refractivity contribution is 6.32. The summed E-state index contributed by atoms with van der Waals surface area (Å²) in [7, 11) is 0. The van der Waals surface area contributed by atoms with Crippen molar-refractivity contribution in [3.63, 3.8) is 0 Å². The van der Waals surface area contributed by atoms with Gasteiger partial charge in [-0.15, -0.1) is 0 Å². The van der Waals surface area contributed by atoms with Crippen LogP contribution >= 0.6 is 11.6 Å². The molecule has 0 radical (unpaired) electrons. The average Bonchev–Trinajstić information content (AvgIpc) is 2.69. The molecule has 1 atom stereocenters. The van der Waals surface area contributed by atoms with Crippen molar-refractivity contribution in [2.24, 2.45) is 5.92 Å². The summed E-state index contributed by atoms with van der Waals surface area (Å²) >= 11 is 6.58. The van der Waals surface area contributed by atoms with E-state index in [1.54, 1.807) is 12.1 Å². The molecule has 2 fully saturated rings. The van der Waals surface area contributed by atoms with E-state index in [0.29, 0.717) is 23.3 Å². The molecule has 4 nitrogen and oxygen atoms in total. The lowest BCUT2D eigenvalue weighted by molar-refractivity contribution is 0.0145. The van der Waals surface area contributed by atoms with E-state index in [-0.39, 0.29) is 11.9 Å². The lowest BCUT2D eigenvalue weighted by atomic mass is 10.0. The standard InChI is InChI=1S/C22H25ClFNO3/c23-22-17(4-1-5-21(22)27-15-16-3-2-10-26-14-16)11-25-12-20(13-25)28-19-8-6-18(24)7-9-19/h1,4-9,16,20H,2-3,10-15H2. The van der Waals surface area contributed by atoms with E-state index in [1.807, 2.05) is 18.2 Å². The minimum atomic E-state index is -0.254. The van der Waals surface area contributed by atoms with Crippen molar-refractivity contribution in [1.82, 2.24) is 4.90 Å². The molecule has 0 amide bonds. The second kappa shape index (κ2) is 9.12. The van der Waals surface area contributed by atoms with Crippen molar-refractivity contribution >= 4 is 11.6 Å². The molecule has 0 N–H and O–H groups in total. The van der Waals surface area contributed by atoms with Gasteiger partial charge in [-0.2, -0.15) is 0 Å². The molecule has 0 aliphatic carbocycles. The van der Waals surface area contributed by atoms with E-state index < -0.39 is 0 Å². The highest BCUT2D eigenvalue weighted by Gasteiger charge is 2.29. The first-order valence-electron chi connectivity index (χ1n) is 9.80. The third kappa shape index (κ3) is 4.96. The van der Waals surface area contributed by atoms with Crippen LogP contribution in [-0.2, 0) is 11.3 Å². The lowest BCUT2D eigenvalue weighted by Gasteiger charge is -2.39. The Labute approximate surface area is 170 Å². The summed E-state index contributed by atoms with van der Waals surface area (Å²) < 4.78 is 30.3. The molecule has 150 valence electrons. The zero-order valence-corrected chi connectivity index (χ0v) is 16.5. The first-order valence-corrected chi connectivity index (χ1v) is 10.2. The van der Waals surface area contributed by atoms with Gasteiger partial charge in [0, 0.05) is 32.2 Å². The average molecular weight is 406 g/mol. The third-order valence-corrected chi connectivity index (χ3v) is 5.64. The van der Waals surface area contributed by atoms with Gasteiger partial charge in [0.25, 0.3) is 0 Å². The fourth-order valence-electron chi connectivity index (χ4n) is 3.61. The smallest absolute Gasteiger partial charge is 0.138 e. The van der Waals surface area contributed by atoms with Gasteiger partial charge in [0.05, 0.1) is 18.2 Å². The van der Waals surface area contributed by atoms with Crippen molar-refractivity contribution in [3.8, 4) is 11.5 Å². The first-order chi connectivity index (χ1) is 13.7. The van der Waals surface area contributed by atoms with Gasteiger partial charge in [0.15, 0.2) is 0 Å². The number of hydrogen-bond donors (Lipinski definition) is 0. The van der Waals surface area contributed by atoms with E-state index in [9.17, 15) is 4.39 Å². The SMILES string of the molecule is Fc1ccc(OC2CN(Cc3cccc(OCC4CCCOC4)c3Cl)C2)cc1. The van der Waals surface area contributed by atoms with Crippen LogP contribution in [-0.4, -0.2) is 43.9 Å². The first kappa shape index (κ1) is 19.5. The number of nitrogens with zero attached hydrogens (tertiary/aromatic N) is 1. The van der Waals surface area contributed by atoms with Gasteiger partial charge >= 0.3 is 0 Å². The monoisotopic (exact) mass is 405 g/mol. The summed E-state index contributed by atoms with van der Waals surface area (Å²) in [6.45, 7) is 4.65. The summed E-state index contributed by atoms with van der Waals surface area (Å²) in [5.74, 6) is 1.62. The topological polar surface area (TPSA) is 30.9 Å². The van der Waals surface area contributed by atoms with E-state index in [0.717, 1.165) is 57.0 Å². The molecule has 2 aromatic rings. The summed E-state index contributed by atoms with van der Waals surface area (Å²) in [5.41, 5.74) is 1.05. The van der Waals surface area contributed by atoms with Crippen molar-refractivity contribution in [1.29, 1.82) is 0 Å². The lowest BCUT2D eigenvalue weighted by Crippen LogP contribution is -2.53. The predicted molar refractivity (Wildman–Crippen MR) is 107 cm³/mol. The Balaban J connectivity index is 1.26. The Morgan fingerprint density at radius 2 is 1.96 bits per heavy atom. The van der Waals surface area contributed by atoms with Gasteiger partial charge in [0.1, 0.15) is 23.4 Å². The minimum Gasteiger partial charge on any atom is -0.492 e. The Morgan fingerprint density at radius 3 is 2.71 bits per heavy atom. The van der Waals surface area contributed by atoms with Crippen LogP contribution < -0.4 is 9.47 Å². The Hall–Kier alpha value is -1.82. The maximum Gasteiger partial charge on any atom is 0.138 e. The van der Waals surface area contributed by atoms with E-state index in [2.05, 4.69) is 4.90 Å². The fourth-order valence-corrected chi connectivity index (χ4v) is 3.85. The molecule has 0 spiro atoms. The molecular formula is C22H25ClFNO3. The van der Waals surface area contributed by atoms with Gasteiger partial charge in [-0.25, -0.2) is 4.39 Å². The van der Waals surface area contributed by atoms with Crippen LogP contribution in [0, 0.1) is 11.7 Å². The van der Waals surface area contributed by atoms with E-state index in [4.69, 9.17) is 25.8 Å². The highest BCUT2D eigenvalue weighted by Crippen LogP contribution is 2.31. The van der Waals surface area contributed by atoms with Crippen LogP contribution in [0.4, 0.5) is 4.39 Å². The summed E-state index contributed by atoms with van der Waals surface area (Å²) in [6.07, 6.45) is 2.35. The maximum atomic E-state index is 13.0. The molecular weight excluding hydrogens is 381 g/mol. The maximum absolute atomic E-state index is 13.0. The molecule has 2 aromatic carbocycles. The highest BCUT2D eigenvalue weighted by atomic mass is 35.5. The quantitative estimate of drug-likeness (QED) is 0.676. The van der Waals surface area contributed by atoms with Gasteiger partial charge in [0.2, 0.25) is 0 Å². The molecule has 1 unspecified atom stereocenters. The zero-order chi connectivity index (χ0) is 19.3. The molecule has 0 saturated carbocycles. The van der Waals surface area contributed by atoms with Crippen LogP contribution in [0.25, 0.3) is 0 Å². The summed E-state index contributed by atoms with van der Waals surface area (Å²) in [5, 5.41) is 0.683. The minimum absolute atomic E-state index is 0.120. The second-order valence-electron chi connectivity index (χ2n) is 7.51. The summed E-state index contributed by atoms with van der Waals surface area (Å²) in [6, 6.07) is 12.1. The van der Waals surface area contributed by atoms with Crippen molar-refractivity contribution < 1.29 is 18.6 Å². The van der Waals surface area contributed by atoms with Crippen molar-refractivity contribution in [3.05, 3.63) is 58.9 Å². The van der Waals surface area contributed by atoms with Crippen LogP contribution in [0.1, 0.15) is 18.4 Å². The number of hydrogen-bond acceptors (Lipinski definition) is 4. The Morgan fingerprint density at radius 1 is 1.14 bits per heavy atom. The Kier molecular flexibility index (Phi) is 6.35. The molecule has 0 aromatic heterocycles. The molecule has 4 rings (SSSR count). The van der Waals surface area contributed by atoms with Crippen molar-refractivity contribution in [2.75, 3.05) is 32.9 Å². The number of benzene rings is 2. The van der Waals surface area contributed by atoms with Crippen LogP contribution in [0.3, 0.4) is 0 Å². The third-order valence-electron chi connectivity index (χ3n) is 5.21. The van der Waals surface area contributed by atoms with Gasteiger partial charge < -0.3 is 14.2 Å². The van der Waals surface area contributed by atoms with E-state index in [1.165, 1.54) is 12.1 Å². The number of ether oxygens (including phenoxy) is 3. The Bertz CT molecular complexity index is 774. The molecule has 2 aliphatic rings. The molecule has 6 heteroatoms. The predicted octanol–water partition coefficient (Wildman–Crippen LogP) is 4.55. The molecule has 28 heavy (non-hydrogen) atoms. The molecule has 2 saturated heterocycles. The normalized spacial score (nSPS) is 20.6. The van der Waals surface area contributed by atoms with Gasteiger partial charge in [-0.05, 0) is 48.7 Å². The largest absolute Gasteiger partial charge is 0.492 e. The summed E-state index contributed by atoms with van der Waals surface area (Å²) in [4.78, 5) is 2.27. The van der Waals surface area contributed by atoms with Crippen molar-refractivity contribution in [2.45, 2.75) is 25.5 Å². The van der Waals surface area contributed by atoms with Gasteiger partial charge in [-0.3, -0.25) is 4.90 Å². The molecule has 2 aliphatic heterocycles. The van der Waals surface area contributed by atoms with Crippen LogP contribution in [0.15, 0.2) is 42.5 Å². The van der Waals surface area contributed by atoms with E-state index >= 15 is 0 Å². The number of halogens is 2. The van der Waals surface area contributed by atoms with Crippen LogP contribution in [0.5, 0.6) is 11.5 Å². The second-order valence-corrected chi connectivity index (χ2v) is 7.89. The number of likely N-dealkylation sites (tertiary alicyclic amines) is 1. The van der Waals surface area contributed by atoms with Gasteiger partial charge in [-0.1, -0.05) is 23.7 Å². The molecule has 2 heterocycles. The fraction of sp³-hybridized carbons (Fsp3) is 0.455. The van der Waals surface area contributed by atoms with Crippen LogP contribution in [0.2, 0.25) is 5.02 Å². The molecule has 0 bridgehead atoms.